The standard InChI is InChI=1S/C14H19FO3/c1-5-17-14(16)13(15)18-12-8-11(9(2)3)7-6-10(12)4/h6-9,13H,5H2,1-4H3. The largest absolute Gasteiger partial charge is 0.461 e. The average molecular weight is 254 g/mol. The first-order valence-electron chi connectivity index (χ1n) is 6.03. The molecule has 0 amide bonds. The van der Waals surface area contributed by atoms with Gasteiger partial charge < -0.3 is 9.47 Å². The Kier molecular flexibility index (Phi) is 5.13. The minimum Gasteiger partial charge on any atom is -0.461 e. The fourth-order valence-electron chi connectivity index (χ4n) is 1.47. The summed E-state index contributed by atoms with van der Waals surface area (Å²) in [6, 6.07) is 5.57. The van der Waals surface area contributed by atoms with Crippen molar-refractivity contribution in [2.75, 3.05) is 6.61 Å². The molecule has 0 N–H and O–H groups in total. The molecule has 0 aliphatic heterocycles. The lowest BCUT2D eigenvalue weighted by atomic mass is 10.0. The molecule has 0 aliphatic carbocycles. The highest BCUT2D eigenvalue weighted by atomic mass is 19.1. The van der Waals surface area contributed by atoms with Crippen LogP contribution in [0, 0.1) is 6.92 Å². The molecule has 0 heterocycles. The van der Waals surface area contributed by atoms with E-state index < -0.39 is 12.3 Å². The second-order valence-electron chi connectivity index (χ2n) is 4.37. The molecule has 0 aliphatic rings. The van der Waals surface area contributed by atoms with E-state index in [1.54, 1.807) is 19.9 Å². The van der Waals surface area contributed by atoms with Crippen LogP contribution in [0.4, 0.5) is 4.39 Å². The van der Waals surface area contributed by atoms with Crippen molar-refractivity contribution < 1.29 is 18.7 Å². The molecule has 1 atom stereocenters. The van der Waals surface area contributed by atoms with Gasteiger partial charge in [-0.15, -0.1) is 0 Å². The maximum absolute atomic E-state index is 13.5. The zero-order valence-corrected chi connectivity index (χ0v) is 11.2. The van der Waals surface area contributed by atoms with E-state index in [0.717, 1.165) is 11.1 Å². The van der Waals surface area contributed by atoms with Crippen LogP contribution in [-0.2, 0) is 9.53 Å². The monoisotopic (exact) mass is 254 g/mol. The minimum absolute atomic E-state index is 0.133. The van der Waals surface area contributed by atoms with Crippen LogP contribution in [0.3, 0.4) is 0 Å². The number of aryl methyl sites for hydroxylation is 1. The van der Waals surface area contributed by atoms with Crippen LogP contribution in [0.5, 0.6) is 5.75 Å². The number of hydrogen-bond donors (Lipinski definition) is 0. The zero-order valence-electron chi connectivity index (χ0n) is 11.2. The van der Waals surface area contributed by atoms with Gasteiger partial charge >= 0.3 is 12.3 Å². The van der Waals surface area contributed by atoms with Crippen molar-refractivity contribution >= 4 is 5.97 Å². The molecule has 0 saturated carbocycles. The predicted molar refractivity (Wildman–Crippen MR) is 67.4 cm³/mol. The molecule has 1 rings (SSSR count). The molecule has 4 heteroatoms. The van der Waals surface area contributed by atoms with Crippen molar-refractivity contribution in [1.29, 1.82) is 0 Å². The normalized spacial score (nSPS) is 12.3. The number of carbonyl (C=O) groups excluding carboxylic acids is 1. The summed E-state index contributed by atoms with van der Waals surface area (Å²) in [5, 5.41) is 0. The van der Waals surface area contributed by atoms with Crippen LogP contribution >= 0.6 is 0 Å². The lowest BCUT2D eigenvalue weighted by Gasteiger charge is -2.14. The van der Waals surface area contributed by atoms with Gasteiger partial charge in [-0.05, 0) is 37.0 Å². The van der Waals surface area contributed by atoms with E-state index >= 15 is 0 Å². The van der Waals surface area contributed by atoms with Crippen molar-refractivity contribution in [2.45, 2.75) is 40.0 Å². The molecule has 100 valence electrons. The van der Waals surface area contributed by atoms with Gasteiger partial charge in [-0.25, -0.2) is 4.79 Å². The van der Waals surface area contributed by atoms with Gasteiger partial charge in [0.25, 0.3) is 0 Å². The minimum atomic E-state index is -2.08. The molecule has 0 radical (unpaired) electrons. The predicted octanol–water partition coefficient (Wildman–Crippen LogP) is 3.36. The van der Waals surface area contributed by atoms with Crippen LogP contribution in [0.2, 0.25) is 0 Å². The second kappa shape index (κ2) is 6.38. The summed E-state index contributed by atoms with van der Waals surface area (Å²) in [6.07, 6.45) is -2.08. The Hall–Kier alpha value is -1.58. The van der Waals surface area contributed by atoms with Crippen LogP contribution in [0.1, 0.15) is 37.8 Å². The zero-order chi connectivity index (χ0) is 13.7. The fourth-order valence-corrected chi connectivity index (χ4v) is 1.47. The molecule has 0 fully saturated rings. The summed E-state index contributed by atoms with van der Waals surface area (Å²) >= 11 is 0. The summed E-state index contributed by atoms with van der Waals surface area (Å²) in [4.78, 5) is 11.2. The molecule has 1 aromatic carbocycles. The molecule has 3 nitrogen and oxygen atoms in total. The third-order valence-electron chi connectivity index (χ3n) is 2.58. The molecular formula is C14H19FO3. The number of esters is 1. The van der Waals surface area contributed by atoms with E-state index in [1.807, 2.05) is 26.0 Å². The fraction of sp³-hybridized carbons (Fsp3) is 0.500. The van der Waals surface area contributed by atoms with Crippen molar-refractivity contribution in [3.63, 3.8) is 0 Å². The number of rotatable bonds is 5. The molecule has 0 spiro atoms. The van der Waals surface area contributed by atoms with Crippen molar-refractivity contribution in [2.24, 2.45) is 0 Å². The van der Waals surface area contributed by atoms with E-state index in [9.17, 15) is 9.18 Å². The number of ether oxygens (including phenoxy) is 2. The van der Waals surface area contributed by atoms with E-state index in [4.69, 9.17) is 4.74 Å². The Bertz CT molecular complexity index is 416. The summed E-state index contributed by atoms with van der Waals surface area (Å²) in [5.41, 5.74) is 1.82. The maximum Gasteiger partial charge on any atom is 0.381 e. The summed E-state index contributed by atoms with van der Waals surface area (Å²) in [6.45, 7) is 7.62. The summed E-state index contributed by atoms with van der Waals surface area (Å²) in [5.74, 6) is -0.304. The molecule has 1 unspecified atom stereocenters. The first-order chi connectivity index (χ1) is 8.45. The summed E-state index contributed by atoms with van der Waals surface area (Å²) in [7, 11) is 0. The number of carbonyl (C=O) groups is 1. The first kappa shape index (κ1) is 14.5. The lowest BCUT2D eigenvalue weighted by molar-refractivity contribution is -0.159. The van der Waals surface area contributed by atoms with Gasteiger partial charge in [-0.1, -0.05) is 26.0 Å². The SMILES string of the molecule is CCOC(=O)C(F)Oc1cc(C(C)C)ccc1C. The van der Waals surface area contributed by atoms with Crippen LogP contribution in [-0.4, -0.2) is 18.9 Å². The van der Waals surface area contributed by atoms with Crippen molar-refractivity contribution in [1.82, 2.24) is 0 Å². The number of alkyl halides is 1. The molecule has 0 bridgehead atoms. The third-order valence-corrected chi connectivity index (χ3v) is 2.58. The Balaban J connectivity index is 2.83. The average Bonchev–Trinajstić information content (AvgIpc) is 2.31. The summed E-state index contributed by atoms with van der Waals surface area (Å²) < 4.78 is 23.0. The highest BCUT2D eigenvalue weighted by Crippen LogP contribution is 2.25. The Labute approximate surface area is 107 Å². The highest BCUT2D eigenvalue weighted by Gasteiger charge is 2.21. The van der Waals surface area contributed by atoms with Crippen molar-refractivity contribution in [3.05, 3.63) is 29.3 Å². The maximum atomic E-state index is 13.5. The van der Waals surface area contributed by atoms with E-state index in [0.29, 0.717) is 11.7 Å². The lowest BCUT2D eigenvalue weighted by Crippen LogP contribution is -2.25. The van der Waals surface area contributed by atoms with Gasteiger partial charge in [0.05, 0.1) is 6.61 Å². The number of hydrogen-bond acceptors (Lipinski definition) is 3. The smallest absolute Gasteiger partial charge is 0.381 e. The van der Waals surface area contributed by atoms with Crippen molar-refractivity contribution in [3.8, 4) is 5.75 Å². The molecule has 0 saturated heterocycles. The van der Waals surface area contributed by atoms with Gasteiger partial charge in [0, 0.05) is 0 Å². The van der Waals surface area contributed by atoms with Gasteiger partial charge in [0.15, 0.2) is 0 Å². The third kappa shape index (κ3) is 3.72. The molecule has 1 aromatic rings. The van der Waals surface area contributed by atoms with Crippen LogP contribution in [0.25, 0.3) is 0 Å². The van der Waals surface area contributed by atoms with Gasteiger partial charge in [0.1, 0.15) is 5.75 Å². The van der Waals surface area contributed by atoms with E-state index in [2.05, 4.69) is 4.74 Å². The number of halogens is 1. The molecule has 0 aromatic heterocycles. The van der Waals surface area contributed by atoms with E-state index in [-0.39, 0.29) is 6.61 Å². The van der Waals surface area contributed by atoms with Gasteiger partial charge in [-0.3, -0.25) is 0 Å². The van der Waals surface area contributed by atoms with Gasteiger partial charge in [0.2, 0.25) is 0 Å². The number of benzene rings is 1. The van der Waals surface area contributed by atoms with Crippen LogP contribution < -0.4 is 4.74 Å². The van der Waals surface area contributed by atoms with E-state index in [1.165, 1.54) is 0 Å². The molecular weight excluding hydrogens is 235 g/mol. The Morgan fingerprint density at radius 3 is 2.61 bits per heavy atom. The topological polar surface area (TPSA) is 35.5 Å². The Morgan fingerprint density at radius 2 is 2.06 bits per heavy atom. The quantitative estimate of drug-likeness (QED) is 0.756. The highest BCUT2D eigenvalue weighted by molar-refractivity contribution is 5.73. The second-order valence-corrected chi connectivity index (χ2v) is 4.37. The van der Waals surface area contributed by atoms with Crippen LogP contribution in [0.15, 0.2) is 18.2 Å². The first-order valence-corrected chi connectivity index (χ1v) is 6.03. The Morgan fingerprint density at radius 1 is 1.39 bits per heavy atom. The molecule has 18 heavy (non-hydrogen) atoms. The van der Waals surface area contributed by atoms with Gasteiger partial charge in [-0.2, -0.15) is 4.39 Å².